The van der Waals surface area contributed by atoms with E-state index in [1.165, 1.54) is 30.4 Å². The molecule has 2 radical (unpaired) electrons. The zero-order valence-corrected chi connectivity index (χ0v) is 23.9. The molecule has 6 aliphatic rings. The molecule has 0 amide bonds. The first-order valence-corrected chi connectivity index (χ1v) is 15.3. The summed E-state index contributed by atoms with van der Waals surface area (Å²) in [5.74, 6) is 1.55. The number of carbonyl (C=O) groups is 1. The Kier molecular flexibility index (Phi) is 7.98. The van der Waals surface area contributed by atoms with Crippen LogP contribution in [0.15, 0.2) is 86.4 Å². The number of rotatable bonds is 4. The number of piperidine rings is 1. The minimum atomic E-state index is -0.140. The van der Waals surface area contributed by atoms with Crippen LogP contribution in [-0.4, -0.2) is 54.7 Å². The third-order valence-corrected chi connectivity index (χ3v) is 9.74. The Hall–Kier alpha value is -3.11. The number of hydrogen-bond acceptors (Lipinski definition) is 5. The van der Waals surface area contributed by atoms with Crippen LogP contribution in [0.2, 0.25) is 0 Å². The van der Waals surface area contributed by atoms with E-state index in [2.05, 4.69) is 54.5 Å². The molecule has 0 aromatic rings. The third-order valence-electron chi connectivity index (χ3n) is 9.74. The number of aliphatic imine (C=N–C) groups is 1. The fourth-order valence-electron chi connectivity index (χ4n) is 7.38. The summed E-state index contributed by atoms with van der Waals surface area (Å²) in [4.78, 5) is 19.6. The Morgan fingerprint density at radius 3 is 2.70 bits per heavy atom. The smallest absolute Gasteiger partial charge is 0.169 e. The highest BCUT2D eigenvalue weighted by molar-refractivity contribution is 6.39. The van der Waals surface area contributed by atoms with Crippen molar-refractivity contribution in [1.29, 1.82) is 0 Å². The molecule has 40 heavy (non-hydrogen) atoms. The normalized spacial score (nSPS) is 31.1. The number of hydrogen-bond donors (Lipinski definition) is 0. The summed E-state index contributed by atoms with van der Waals surface area (Å²) in [7, 11) is 6.72. The lowest BCUT2D eigenvalue weighted by molar-refractivity contribution is -0.117. The highest BCUT2D eigenvalue weighted by Gasteiger charge is 2.37. The maximum atomic E-state index is 11.9. The molecule has 1 saturated heterocycles. The molecule has 2 fully saturated rings. The number of ketones is 1. The molecule has 3 heterocycles. The van der Waals surface area contributed by atoms with Crippen molar-refractivity contribution in [1.82, 2.24) is 9.91 Å². The zero-order valence-electron chi connectivity index (χ0n) is 23.9. The average Bonchev–Trinajstić information content (AvgIpc) is 3.59. The first kappa shape index (κ1) is 27.1. The number of likely N-dealkylation sites (tertiary alicyclic amines) is 1. The van der Waals surface area contributed by atoms with Crippen molar-refractivity contribution in [2.45, 2.75) is 83.7 Å². The molecule has 1 saturated carbocycles. The van der Waals surface area contributed by atoms with Gasteiger partial charge in [0.2, 0.25) is 0 Å². The van der Waals surface area contributed by atoms with Crippen molar-refractivity contribution in [2.24, 2.45) is 27.8 Å². The van der Waals surface area contributed by atoms with E-state index >= 15 is 0 Å². The summed E-state index contributed by atoms with van der Waals surface area (Å²) in [6, 6.07) is 0. The van der Waals surface area contributed by atoms with Gasteiger partial charge >= 0.3 is 0 Å². The quantitative estimate of drug-likeness (QED) is 0.235. The van der Waals surface area contributed by atoms with E-state index in [0.29, 0.717) is 30.5 Å². The van der Waals surface area contributed by atoms with Crippen molar-refractivity contribution in [3.05, 3.63) is 76.3 Å². The summed E-state index contributed by atoms with van der Waals surface area (Å²) in [5, 5.41) is 6.78. The van der Waals surface area contributed by atoms with Gasteiger partial charge < -0.3 is 4.90 Å². The second-order valence-corrected chi connectivity index (χ2v) is 12.1. The van der Waals surface area contributed by atoms with E-state index < -0.39 is 0 Å². The van der Waals surface area contributed by atoms with Crippen molar-refractivity contribution in [3.63, 3.8) is 0 Å². The molecule has 6 heteroatoms. The van der Waals surface area contributed by atoms with Gasteiger partial charge in [-0.2, -0.15) is 5.10 Å². The molecular weight excluding hydrogens is 491 g/mol. The number of Topliss-reactive ketones (excluding diaryl/α,β-unsaturated/α-hetero) is 1. The van der Waals surface area contributed by atoms with Gasteiger partial charge in [-0.15, -0.1) is 5.73 Å². The van der Waals surface area contributed by atoms with Crippen LogP contribution >= 0.6 is 0 Å². The Bertz CT molecular complexity index is 1310. The van der Waals surface area contributed by atoms with Crippen molar-refractivity contribution in [3.8, 4) is 0 Å². The highest BCUT2D eigenvalue weighted by Crippen LogP contribution is 2.38. The predicted molar refractivity (Wildman–Crippen MR) is 164 cm³/mol. The molecule has 0 aromatic heterocycles. The summed E-state index contributed by atoms with van der Waals surface area (Å²) in [6.07, 6.45) is 24.9. The molecule has 3 unspecified atom stereocenters. The van der Waals surface area contributed by atoms with Gasteiger partial charge in [0.25, 0.3) is 0 Å². The second kappa shape index (κ2) is 11.8. The molecule has 3 atom stereocenters. The van der Waals surface area contributed by atoms with E-state index in [-0.39, 0.29) is 12.1 Å². The zero-order chi connectivity index (χ0) is 27.6. The molecule has 0 aromatic carbocycles. The number of fused-ring (bicyclic) bond motifs is 1. The largest absolute Gasteiger partial charge is 0.368 e. The summed E-state index contributed by atoms with van der Waals surface area (Å²) in [5.41, 5.74) is 11.2. The fourth-order valence-corrected chi connectivity index (χ4v) is 7.38. The van der Waals surface area contributed by atoms with Crippen molar-refractivity contribution < 1.29 is 4.79 Å². The summed E-state index contributed by atoms with van der Waals surface area (Å²) < 4.78 is 0. The summed E-state index contributed by atoms with van der Waals surface area (Å²) in [6.45, 7) is 7.88. The fraction of sp³-hybridized carbons (Fsp3) is 0.529. The minimum Gasteiger partial charge on any atom is -0.368 e. The highest BCUT2D eigenvalue weighted by atomic mass is 16.1. The van der Waals surface area contributed by atoms with Crippen LogP contribution in [-0.2, 0) is 4.79 Å². The van der Waals surface area contributed by atoms with Crippen LogP contribution in [0.1, 0.15) is 77.6 Å². The lowest BCUT2D eigenvalue weighted by atomic mass is 9.77. The molecule has 0 N–H and O–H groups in total. The van der Waals surface area contributed by atoms with E-state index in [9.17, 15) is 4.79 Å². The van der Waals surface area contributed by atoms with Crippen LogP contribution < -0.4 is 0 Å². The number of hydrazone groups is 1. The average molecular weight is 533 g/mol. The van der Waals surface area contributed by atoms with Crippen LogP contribution in [0.5, 0.6) is 0 Å². The van der Waals surface area contributed by atoms with E-state index in [4.69, 9.17) is 17.9 Å². The van der Waals surface area contributed by atoms with Gasteiger partial charge in [0, 0.05) is 54.7 Å². The van der Waals surface area contributed by atoms with E-state index in [1.54, 1.807) is 5.57 Å². The standard InChI is InChI=1S/C34H41BN4O/c1-3-31(28-15-16-29(40)21-28)38-19-17-27(18-20-38)33-32(35)23(2)39-34(37-33)30(22-36-39)26-12-8-7-11-25(13-14-26)24-9-5-4-6-10-24/h5,8-9,12-13,22,24,27-28,34H,1,4,6-7,10-11,14-21H2,2H3/b12-8?,25-13?,30-26+. The number of allylic oxidation sites excluding steroid dienone is 10. The van der Waals surface area contributed by atoms with E-state index in [1.807, 2.05) is 11.2 Å². The van der Waals surface area contributed by atoms with Gasteiger partial charge in [-0.3, -0.25) is 9.79 Å². The second-order valence-electron chi connectivity index (χ2n) is 12.1. The first-order chi connectivity index (χ1) is 19.5. The molecule has 3 aliphatic carbocycles. The predicted octanol–water partition coefficient (Wildman–Crippen LogP) is 6.54. The van der Waals surface area contributed by atoms with Crippen molar-refractivity contribution >= 4 is 25.6 Å². The van der Waals surface area contributed by atoms with Crippen LogP contribution in [0, 0.1) is 17.8 Å². The van der Waals surface area contributed by atoms with Crippen molar-refractivity contribution in [2.75, 3.05) is 13.1 Å². The van der Waals surface area contributed by atoms with Gasteiger partial charge in [0.1, 0.15) is 13.6 Å². The molecule has 5 nitrogen and oxygen atoms in total. The topological polar surface area (TPSA) is 48.3 Å². The first-order valence-electron chi connectivity index (χ1n) is 15.3. The Morgan fingerprint density at radius 1 is 1.12 bits per heavy atom. The van der Waals surface area contributed by atoms with Gasteiger partial charge in [-0.1, -0.05) is 48.0 Å². The van der Waals surface area contributed by atoms with Gasteiger partial charge in [0.15, 0.2) is 6.17 Å². The molecule has 0 spiro atoms. The monoisotopic (exact) mass is 532 g/mol. The maximum Gasteiger partial charge on any atom is 0.169 e. The summed E-state index contributed by atoms with van der Waals surface area (Å²) >= 11 is 0. The Balaban J connectivity index is 1.21. The van der Waals surface area contributed by atoms with Gasteiger partial charge in [0.05, 0.1) is 11.9 Å². The maximum absolute atomic E-state index is 11.9. The SMILES string of the molecule is [B]C1=C(C)N2N=C/C(=C3/C=CCCC(C4C=CCCC4)=CC3)C2N=C1C1CCN(C(=C=C)C2CCC(=O)C2)CC1. The lowest BCUT2D eigenvalue weighted by Crippen LogP contribution is -2.41. The number of nitrogens with zero attached hydrogens (tertiary/aromatic N) is 4. The lowest BCUT2D eigenvalue weighted by Gasteiger charge is -2.39. The van der Waals surface area contributed by atoms with E-state index in [0.717, 1.165) is 74.2 Å². The molecule has 0 bridgehead atoms. The van der Waals surface area contributed by atoms with Gasteiger partial charge in [-0.05, 0) is 76.2 Å². The third kappa shape index (κ3) is 5.31. The van der Waals surface area contributed by atoms with Crippen LogP contribution in [0.25, 0.3) is 0 Å². The molecule has 206 valence electrons. The van der Waals surface area contributed by atoms with Crippen LogP contribution in [0.4, 0.5) is 0 Å². The Labute approximate surface area is 241 Å². The number of carbonyl (C=O) groups excluding carboxylic acids is 1. The molecular formula is C34H41BN4O. The van der Waals surface area contributed by atoms with Crippen LogP contribution in [0.3, 0.4) is 0 Å². The van der Waals surface area contributed by atoms with Gasteiger partial charge in [-0.25, -0.2) is 5.01 Å². The Morgan fingerprint density at radius 2 is 1.98 bits per heavy atom. The minimum absolute atomic E-state index is 0.140. The molecule has 3 aliphatic heterocycles. The molecule has 6 rings (SSSR count).